The topological polar surface area (TPSA) is 46.5 Å². The first kappa shape index (κ1) is 13.7. The molecule has 4 heteroatoms. The molecule has 1 saturated carbocycles. The van der Waals surface area contributed by atoms with Crippen LogP contribution >= 0.6 is 0 Å². The number of fused-ring (bicyclic) bond motifs is 3. The lowest BCUT2D eigenvalue weighted by molar-refractivity contribution is 0.521. The average Bonchev–Trinajstić information content (AvgIpc) is 2.92. The van der Waals surface area contributed by atoms with Crippen molar-refractivity contribution in [3.63, 3.8) is 0 Å². The van der Waals surface area contributed by atoms with Gasteiger partial charge < -0.3 is 0 Å². The summed E-state index contributed by atoms with van der Waals surface area (Å²) in [5.41, 5.74) is 2.50. The molecule has 0 bridgehead atoms. The Morgan fingerprint density at radius 2 is 1.64 bits per heavy atom. The van der Waals surface area contributed by atoms with Gasteiger partial charge in [-0.05, 0) is 37.5 Å². The second-order valence-electron chi connectivity index (χ2n) is 5.93. The van der Waals surface area contributed by atoms with Crippen LogP contribution in [0, 0.1) is 0 Å². The maximum Gasteiger partial charge on any atom is 0.193 e. The summed E-state index contributed by atoms with van der Waals surface area (Å²) in [7, 11) is -3.50. The Labute approximate surface area is 130 Å². The molecule has 0 radical (unpaired) electrons. The molecule has 1 atom stereocenters. The highest BCUT2D eigenvalue weighted by Crippen LogP contribution is 2.52. The van der Waals surface area contributed by atoms with Crippen LogP contribution in [-0.4, -0.2) is 14.1 Å². The van der Waals surface area contributed by atoms with Gasteiger partial charge in [-0.1, -0.05) is 42.8 Å². The molecule has 1 heterocycles. The average molecular weight is 311 g/mol. The maximum atomic E-state index is 13.5. The molecule has 22 heavy (non-hydrogen) atoms. The number of nitrogens with zero attached hydrogens (tertiary/aromatic N) is 1. The van der Waals surface area contributed by atoms with Crippen LogP contribution in [0.4, 0.5) is 5.69 Å². The minimum Gasteiger partial charge on any atom is -0.255 e. The monoisotopic (exact) mass is 311 g/mol. The maximum absolute atomic E-state index is 13.5. The zero-order valence-electron chi connectivity index (χ0n) is 12.2. The highest BCUT2D eigenvalue weighted by molar-refractivity contribution is 7.93. The summed E-state index contributed by atoms with van der Waals surface area (Å²) in [6, 6.07) is 16.5. The molecule has 2 aromatic carbocycles. The molecular weight excluding hydrogens is 294 g/mol. The lowest BCUT2D eigenvalue weighted by Gasteiger charge is -2.35. The molecule has 0 N–H and O–H groups in total. The van der Waals surface area contributed by atoms with Crippen LogP contribution in [0.5, 0.6) is 0 Å². The Balaban J connectivity index is 2.00. The van der Waals surface area contributed by atoms with Crippen LogP contribution in [0.3, 0.4) is 0 Å². The number of rotatable bonds is 2. The number of sulfone groups is 1. The number of aliphatic imine (C=N–C) groups is 1. The van der Waals surface area contributed by atoms with Crippen molar-refractivity contribution in [2.24, 2.45) is 4.99 Å². The third kappa shape index (κ3) is 1.67. The van der Waals surface area contributed by atoms with Gasteiger partial charge in [0.1, 0.15) is 4.75 Å². The molecule has 112 valence electrons. The van der Waals surface area contributed by atoms with E-state index < -0.39 is 14.6 Å². The molecule has 0 amide bonds. The van der Waals surface area contributed by atoms with Gasteiger partial charge in [0.25, 0.3) is 0 Å². The van der Waals surface area contributed by atoms with E-state index in [1.807, 2.05) is 30.3 Å². The van der Waals surface area contributed by atoms with E-state index in [1.54, 1.807) is 24.3 Å². The molecule has 2 aliphatic rings. The second-order valence-corrected chi connectivity index (χ2v) is 8.10. The van der Waals surface area contributed by atoms with Crippen molar-refractivity contribution < 1.29 is 8.42 Å². The Kier molecular flexibility index (Phi) is 2.98. The van der Waals surface area contributed by atoms with E-state index in [9.17, 15) is 8.42 Å². The molecular formula is C18H17NO2S. The van der Waals surface area contributed by atoms with Crippen LogP contribution in [0.2, 0.25) is 0 Å². The Morgan fingerprint density at radius 1 is 0.909 bits per heavy atom. The summed E-state index contributed by atoms with van der Waals surface area (Å²) in [5.74, 6) is 0. The predicted octanol–water partition coefficient (Wildman–Crippen LogP) is 4.02. The first-order chi connectivity index (χ1) is 10.7. The van der Waals surface area contributed by atoms with Gasteiger partial charge in [0.2, 0.25) is 0 Å². The van der Waals surface area contributed by atoms with Crippen molar-refractivity contribution in [2.75, 3.05) is 0 Å². The summed E-state index contributed by atoms with van der Waals surface area (Å²) >= 11 is 0. The van der Waals surface area contributed by atoms with E-state index in [4.69, 9.17) is 0 Å². The molecule has 1 aliphatic heterocycles. The van der Waals surface area contributed by atoms with E-state index in [0.717, 1.165) is 36.2 Å². The fraction of sp³-hybridized carbons (Fsp3) is 0.278. The van der Waals surface area contributed by atoms with E-state index in [-0.39, 0.29) is 0 Å². The first-order valence-corrected chi connectivity index (χ1v) is 9.12. The zero-order valence-corrected chi connectivity index (χ0v) is 13.0. The lowest BCUT2D eigenvalue weighted by atomic mass is 9.83. The van der Waals surface area contributed by atoms with Crippen molar-refractivity contribution in [2.45, 2.75) is 35.3 Å². The van der Waals surface area contributed by atoms with Gasteiger partial charge in [-0.2, -0.15) is 0 Å². The summed E-state index contributed by atoms with van der Waals surface area (Å²) in [4.78, 5) is 5.07. The Hall–Kier alpha value is -1.94. The van der Waals surface area contributed by atoms with E-state index >= 15 is 0 Å². The zero-order chi connectivity index (χ0) is 15.2. The first-order valence-electron chi connectivity index (χ1n) is 7.63. The van der Waals surface area contributed by atoms with E-state index in [2.05, 4.69) is 4.99 Å². The molecule has 4 rings (SSSR count). The van der Waals surface area contributed by atoms with Crippen LogP contribution in [-0.2, 0) is 14.6 Å². The molecule has 0 aromatic heterocycles. The van der Waals surface area contributed by atoms with Gasteiger partial charge >= 0.3 is 0 Å². The SMILES string of the molecule is O=S(=O)(c1ccccc1)C12CCCCC1=Nc1ccccc12. The fourth-order valence-corrected chi connectivity index (χ4v) is 5.99. The Bertz CT molecular complexity index is 856. The van der Waals surface area contributed by atoms with Crippen LogP contribution in [0.25, 0.3) is 0 Å². The molecule has 1 aliphatic carbocycles. The summed E-state index contributed by atoms with van der Waals surface area (Å²) < 4.78 is 26.0. The Morgan fingerprint density at radius 3 is 2.45 bits per heavy atom. The third-order valence-corrected chi connectivity index (χ3v) is 7.24. The van der Waals surface area contributed by atoms with Crippen LogP contribution < -0.4 is 0 Å². The van der Waals surface area contributed by atoms with Crippen LogP contribution in [0.1, 0.15) is 31.2 Å². The molecule has 0 spiro atoms. The fourth-order valence-electron chi connectivity index (χ4n) is 3.74. The van der Waals surface area contributed by atoms with E-state index in [1.165, 1.54) is 0 Å². The van der Waals surface area contributed by atoms with Gasteiger partial charge in [0.15, 0.2) is 9.84 Å². The molecule has 2 aromatic rings. The van der Waals surface area contributed by atoms with Gasteiger partial charge in [-0.3, -0.25) is 4.99 Å². The van der Waals surface area contributed by atoms with Crippen molar-refractivity contribution in [1.29, 1.82) is 0 Å². The van der Waals surface area contributed by atoms with Crippen molar-refractivity contribution in [3.8, 4) is 0 Å². The lowest BCUT2D eigenvalue weighted by Crippen LogP contribution is -2.43. The molecule has 1 unspecified atom stereocenters. The van der Waals surface area contributed by atoms with Crippen molar-refractivity contribution in [1.82, 2.24) is 0 Å². The molecule has 1 fully saturated rings. The van der Waals surface area contributed by atoms with Gasteiger partial charge in [0.05, 0.1) is 10.6 Å². The van der Waals surface area contributed by atoms with Crippen molar-refractivity contribution in [3.05, 3.63) is 60.2 Å². The molecule has 0 saturated heterocycles. The highest BCUT2D eigenvalue weighted by Gasteiger charge is 2.54. The van der Waals surface area contributed by atoms with Crippen LogP contribution in [0.15, 0.2) is 64.5 Å². The highest BCUT2D eigenvalue weighted by atomic mass is 32.2. The summed E-state index contributed by atoms with van der Waals surface area (Å²) in [6.45, 7) is 0. The minimum atomic E-state index is -3.50. The summed E-state index contributed by atoms with van der Waals surface area (Å²) in [6.07, 6.45) is 3.32. The predicted molar refractivity (Wildman–Crippen MR) is 87.3 cm³/mol. The smallest absolute Gasteiger partial charge is 0.193 e. The standard InChI is InChI=1S/C18H17NO2S/c20-22(21,14-8-2-1-3-9-14)18-13-7-6-12-17(18)19-16-11-5-4-10-15(16)18/h1-5,8-11H,6-7,12-13H2. The third-order valence-electron chi connectivity index (χ3n) is 4.77. The number of benzene rings is 2. The van der Waals surface area contributed by atoms with Gasteiger partial charge in [-0.25, -0.2) is 8.42 Å². The number of para-hydroxylation sites is 1. The second kappa shape index (κ2) is 4.78. The van der Waals surface area contributed by atoms with Gasteiger partial charge in [-0.15, -0.1) is 0 Å². The number of hydrogen-bond donors (Lipinski definition) is 0. The molecule has 3 nitrogen and oxygen atoms in total. The largest absolute Gasteiger partial charge is 0.255 e. The quantitative estimate of drug-likeness (QED) is 0.841. The van der Waals surface area contributed by atoms with E-state index in [0.29, 0.717) is 11.3 Å². The van der Waals surface area contributed by atoms with Gasteiger partial charge in [0, 0.05) is 11.3 Å². The summed E-state index contributed by atoms with van der Waals surface area (Å²) in [5, 5.41) is 0. The number of hydrogen-bond acceptors (Lipinski definition) is 3. The minimum absolute atomic E-state index is 0.390. The normalized spacial score (nSPS) is 23.5. The van der Waals surface area contributed by atoms with Crippen molar-refractivity contribution >= 4 is 21.2 Å².